The lowest BCUT2D eigenvalue weighted by Crippen LogP contribution is -2.38. The molecular weight excluding hydrogens is 390 g/mol. The largest absolute Gasteiger partial charge is 0.565 e. The van der Waals surface area contributed by atoms with Gasteiger partial charge in [-0.25, -0.2) is 14.4 Å². The van der Waals surface area contributed by atoms with Crippen LogP contribution in [0.25, 0.3) is 0 Å². The highest BCUT2D eigenvalue weighted by molar-refractivity contribution is 6.62. The van der Waals surface area contributed by atoms with Gasteiger partial charge < -0.3 is 24.7 Å². The van der Waals surface area contributed by atoms with E-state index in [-0.39, 0.29) is 42.0 Å². The van der Waals surface area contributed by atoms with Crippen molar-refractivity contribution in [2.24, 2.45) is 0 Å². The molecule has 30 heavy (non-hydrogen) atoms. The van der Waals surface area contributed by atoms with Crippen molar-refractivity contribution < 1.29 is 23.2 Å². The maximum atomic E-state index is 14.7. The summed E-state index contributed by atoms with van der Waals surface area (Å²) in [5.74, 6) is -0.459. The Labute approximate surface area is 175 Å². The number of fused-ring (bicyclic) bond motifs is 1. The molecule has 0 radical (unpaired) electrons. The van der Waals surface area contributed by atoms with Crippen LogP contribution in [0.1, 0.15) is 37.6 Å². The Morgan fingerprint density at radius 2 is 2.10 bits per heavy atom. The fourth-order valence-electron chi connectivity index (χ4n) is 3.01. The van der Waals surface area contributed by atoms with E-state index in [9.17, 15) is 9.18 Å². The summed E-state index contributed by atoms with van der Waals surface area (Å²) < 4.78 is 31.0. The van der Waals surface area contributed by atoms with Gasteiger partial charge in [0.15, 0.2) is 0 Å². The molecule has 3 heterocycles. The number of nitrogen functional groups attached to an aromatic ring is 1. The molecule has 2 aromatic rings. The van der Waals surface area contributed by atoms with Crippen LogP contribution in [0.5, 0.6) is 5.88 Å². The molecule has 1 fully saturated rings. The first-order valence-corrected chi connectivity index (χ1v) is 9.70. The third-order valence-corrected chi connectivity index (χ3v) is 4.27. The van der Waals surface area contributed by atoms with Gasteiger partial charge in [0.1, 0.15) is 29.6 Å². The summed E-state index contributed by atoms with van der Waals surface area (Å²) >= 11 is 0. The number of amides is 1. The molecule has 1 aromatic heterocycles. The Bertz CT molecular complexity index is 958. The monoisotopic (exact) mass is 414 g/mol. The van der Waals surface area contributed by atoms with E-state index in [1.165, 1.54) is 29.8 Å². The maximum absolute atomic E-state index is 14.7. The number of rotatable bonds is 2. The molecule has 1 saturated heterocycles. The van der Waals surface area contributed by atoms with E-state index in [1.54, 1.807) is 13.0 Å². The Balaban J connectivity index is 0.000000806. The van der Waals surface area contributed by atoms with Crippen LogP contribution in [0.15, 0.2) is 36.9 Å². The summed E-state index contributed by atoms with van der Waals surface area (Å²) in [6, 6.07) is 4.38. The molecule has 0 aliphatic carbocycles. The van der Waals surface area contributed by atoms with Crippen LogP contribution in [0.4, 0.5) is 15.9 Å². The summed E-state index contributed by atoms with van der Waals surface area (Å²) in [5, 5.41) is 0. The second-order valence-electron chi connectivity index (χ2n) is 7.00. The molecule has 2 N–H and O–H groups in total. The quantitative estimate of drug-likeness (QED) is 0.753. The summed E-state index contributed by atoms with van der Waals surface area (Å²) in [6.07, 6.45) is 2.10. The predicted octanol–water partition coefficient (Wildman–Crippen LogP) is 2.30. The first-order valence-electron chi connectivity index (χ1n) is 9.70. The number of halogens is 1. The Morgan fingerprint density at radius 3 is 2.73 bits per heavy atom. The number of ether oxygens (including phenoxy) is 1. The minimum absolute atomic E-state index is 0.00691. The van der Waals surface area contributed by atoms with Gasteiger partial charge >= 0.3 is 7.12 Å². The van der Waals surface area contributed by atoms with Crippen molar-refractivity contribution >= 4 is 30.0 Å². The van der Waals surface area contributed by atoms with E-state index in [4.69, 9.17) is 19.8 Å². The zero-order valence-corrected chi connectivity index (χ0v) is 17.2. The van der Waals surface area contributed by atoms with Crippen molar-refractivity contribution in [2.75, 3.05) is 23.8 Å². The van der Waals surface area contributed by atoms with Gasteiger partial charge in [-0.2, -0.15) is 0 Å². The number of benzene rings is 1. The molecule has 4 rings (SSSR count). The zero-order valence-electron chi connectivity index (χ0n) is 17.2. The van der Waals surface area contributed by atoms with Gasteiger partial charge in [0.2, 0.25) is 5.88 Å². The molecule has 8 nitrogen and oxygen atoms in total. The van der Waals surface area contributed by atoms with Gasteiger partial charge in [-0.05, 0) is 19.1 Å². The van der Waals surface area contributed by atoms with E-state index >= 15 is 0 Å². The third-order valence-electron chi connectivity index (χ3n) is 4.27. The van der Waals surface area contributed by atoms with Crippen molar-refractivity contribution in [1.29, 1.82) is 0 Å². The number of carbonyl (C=O) groups is 1. The smallest absolute Gasteiger partial charge is 0.534 e. The number of nitrogens with zero attached hydrogens (tertiary/aromatic N) is 3. The summed E-state index contributed by atoms with van der Waals surface area (Å²) in [4.78, 5) is 22.2. The van der Waals surface area contributed by atoms with Gasteiger partial charge in [0, 0.05) is 11.2 Å². The second-order valence-corrected chi connectivity index (χ2v) is 7.00. The molecular formula is C20H24BFN4O4. The van der Waals surface area contributed by atoms with E-state index in [0.29, 0.717) is 11.4 Å². The van der Waals surface area contributed by atoms with Crippen LogP contribution in [-0.4, -0.2) is 42.2 Å². The SMILES string of the molecule is C=C1COB(c2ccc(N3C[C@@H](C)Oc4ncnc(N)c4C3=O)cc2F)O1.CCC. The Kier molecular flexibility index (Phi) is 6.56. The molecule has 0 saturated carbocycles. The third kappa shape index (κ3) is 4.38. The van der Waals surface area contributed by atoms with Crippen molar-refractivity contribution in [1.82, 2.24) is 9.97 Å². The number of anilines is 2. The van der Waals surface area contributed by atoms with Crippen molar-refractivity contribution in [3.63, 3.8) is 0 Å². The molecule has 1 aromatic carbocycles. The molecule has 2 aliphatic rings. The summed E-state index contributed by atoms with van der Waals surface area (Å²) in [7, 11) is -0.849. The van der Waals surface area contributed by atoms with Crippen molar-refractivity contribution in [2.45, 2.75) is 33.3 Å². The van der Waals surface area contributed by atoms with Gasteiger partial charge in [0.25, 0.3) is 5.91 Å². The number of nitrogens with two attached hydrogens (primary N) is 1. The molecule has 1 amide bonds. The second kappa shape index (κ2) is 9.12. The Hall–Kier alpha value is -3.14. The zero-order chi connectivity index (χ0) is 21.8. The minimum atomic E-state index is -0.849. The Morgan fingerprint density at radius 1 is 1.37 bits per heavy atom. The average Bonchev–Trinajstić information content (AvgIpc) is 3.06. The van der Waals surface area contributed by atoms with Gasteiger partial charge in [-0.15, -0.1) is 0 Å². The molecule has 0 bridgehead atoms. The number of hydrogen-bond acceptors (Lipinski definition) is 7. The molecule has 158 valence electrons. The van der Waals surface area contributed by atoms with Crippen molar-refractivity contribution in [3.8, 4) is 5.88 Å². The molecule has 0 spiro atoms. The van der Waals surface area contributed by atoms with Gasteiger partial charge in [-0.3, -0.25) is 4.79 Å². The van der Waals surface area contributed by atoms with Crippen LogP contribution in [-0.2, 0) is 9.31 Å². The number of carbonyl (C=O) groups excluding carboxylic acids is 1. The topological polar surface area (TPSA) is 99.8 Å². The maximum Gasteiger partial charge on any atom is 0.565 e. The highest BCUT2D eigenvalue weighted by atomic mass is 19.1. The summed E-state index contributed by atoms with van der Waals surface area (Å²) in [5.41, 5.74) is 6.48. The van der Waals surface area contributed by atoms with Crippen LogP contribution >= 0.6 is 0 Å². The average molecular weight is 414 g/mol. The van der Waals surface area contributed by atoms with Crippen molar-refractivity contribution in [3.05, 3.63) is 48.2 Å². The van der Waals surface area contributed by atoms with Crippen LogP contribution < -0.4 is 20.8 Å². The van der Waals surface area contributed by atoms with E-state index in [1.807, 2.05) is 0 Å². The lowest BCUT2D eigenvalue weighted by molar-refractivity contribution is 0.0988. The summed E-state index contributed by atoms with van der Waals surface area (Å²) in [6.45, 7) is 10.1. The van der Waals surface area contributed by atoms with E-state index < -0.39 is 18.8 Å². The van der Waals surface area contributed by atoms with Gasteiger partial charge in [-0.1, -0.05) is 32.9 Å². The normalized spacial score (nSPS) is 18.1. The molecule has 10 heteroatoms. The number of aromatic nitrogens is 2. The van der Waals surface area contributed by atoms with Crippen LogP contribution in [0.3, 0.4) is 0 Å². The molecule has 1 atom stereocenters. The minimum Gasteiger partial charge on any atom is -0.534 e. The predicted molar refractivity (Wildman–Crippen MR) is 112 cm³/mol. The van der Waals surface area contributed by atoms with Crippen LogP contribution in [0, 0.1) is 5.82 Å². The fraction of sp³-hybridized carbons (Fsp3) is 0.350. The van der Waals surface area contributed by atoms with Gasteiger partial charge in [0.05, 0.1) is 18.9 Å². The number of hydrogen-bond donors (Lipinski definition) is 1. The van der Waals surface area contributed by atoms with Crippen LogP contribution in [0.2, 0.25) is 0 Å². The highest BCUT2D eigenvalue weighted by Gasteiger charge is 2.35. The lowest BCUT2D eigenvalue weighted by Gasteiger charge is -2.23. The lowest BCUT2D eigenvalue weighted by atomic mass is 9.79. The fourth-order valence-corrected chi connectivity index (χ4v) is 3.01. The highest BCUT2D eigenvalue weighted by Crippen LogP contribution is 2.29. The first-order chi connectivity index (χ1) is 14.3. The van der Waals surface area contributed by atoms with E-state index in [2.05, 4.69) is 30.4 Å². The molecule has 2 aliphatic heterocycles. The van der Waals surface area contributed by atoms with E-state index in [0.717, 1.165) is 0 Å². The molecule has 0 unspecified atom stereocenters. The standard InChI is InChI=1S/C17H16BFN4O4.C3H8/c1-9-6-23(17(24)14-15(20)21-8-22-16(14)26-9)11-3-4-12(13(19)5-11)18-25-7-10(2)27-18;1-3-2/h3-5,8-9H,2,6-7H2,1H3,(H2,20,21,22);3H2,1-2H3/t9-;/m1./s1. The first kappa shape index (κ1) is 21.6.